The molecule has 1 heterocycles. The van der Waals surface area contributed by atoms with Crippen LogP contribution in [0.5, 0.6) is 0 Å². The maximum atomic E-state index is 6.20. The number of rotatable bonds is 6. The van der Waals surface area contributed by atoms with Crippen LogP contribution < -0.4 is 10.6 Å². The number of halogens is 1. The summed E-state index contributed by atoms with van der Waals surface area (Å²) in [6, 6.07) is 8.59. The lowest BCUT2D eigenvalue weighted by molar-refractivity contribution is 0.245. The quantitative estimate of drug-likeness (QED) is 0.620. The average molecular weight is 335 g/mol. The highest BCUT2D eigenvalue weighted by Gasteiger charge is 2.24. The summed E-state index contributed by atoms with van der Waals surface area (Å²) in [6.07, 6.45) is 5.27. The first-order valence-electron chi connectivity index (χ1n) is 8.70. The highest BCUT2D eigenvalue weighted by Crippen LogP contribution is 2.28. The SMILES string of the molecule is CN=C(NCC1CC1)NCC(c1cccc(Cl)c1)N1CCCC1. The van der Waals surface area contributed by atoms with E-state index < -0.39 is 0 Å². The highest BCUT2D eigenvalue weighted by molar-refractivity contribution is 6.30. The molecule has 126 valence electrons. The minimum absolute atomic E-state index is 0.343. The molecule has 1 unspecified atom stereocenters. The third-order valence-corrected chi connectivity index (χ3v) is 4.99. The number of hydrogen-bond donors (Lipinski definition) is 2. The summed E-state index contributed by atoms with van der Waals surface area (Å²) in [5.41, 5.74) is 1.28. The van der Waals surface area contributed by atoms with Gasteiger partial charge in [0.15, 0.2) is 5.96 Å². The van der Waals surface area contributed by atoms with Gasteiger partial charge in [-0.1, -0.05) is 23.7 Å². The van der Waals surface area contributed by atoms with Crippen LogP contribution in [0, 0.1) is 5.92 Å². The number of hydrogen-bond acceptors (Lipinski definition) is 2. The zero-order chi connectivity index (χ0) is 16.1. The molecule has 1 saturated heterocycles. The number of benzene rings is 1. The summed E-state index contributed by atoms with van der Waals surface area (Å²) in [4.78, 5) is 6.90. The second kappa shape index (κ2) is 8.02. The first-order chi connectivity index (χ1) is 11.3. The third-order valence-electron chi connectivity index (χ3n) is 4.76. The lowest BCUT2D eigenvalue weighted by Gasteiger charge is -2.29. The topological polar surface area (TPSA) is 39.7 Å². The van der Waals surface area contributed by atoms with Crippen molar-refractivity contribution < 1.29 is 0 Å². The molecule has 0 aromatic heterocycles. The Morgan fingerprint density at radius 3 is 2.74 bits per heavy atom. The van der Waals surface area contributed by atoms with Crippen LogP contribution in [-0.4, -0.2) is 44.1 Å². The summed E-state index contributed by atoms with van der Waals surface area (Å²) in [6.45, 7) is 4.20. The molecule has 2 fully saturated rings. The second-order valence-electron chi connectivity index (χ2n) is 6.59. The Hall–Kier alpha value is -1.26. The smallest absolute Gasteiger partial charge is 0.191 e. The Morgan fingerprint density at radius 1 is 1.30 bits per heavy atom. The lowest BCUT2D eigenvalue weighted by Crippen LogP contribution is -2.43. The molecule has 0 spiro atoms. The van der Waals surface area contributed by atoms with Crippen LogP contribution in [0.2, 0.25) is 5.02 Å². The van der Waals surface area contributed by atoms with Gasteiger partial charge in [0.25, 0.3) is 0 Å². The first kappa shape index (κ1) is 16.6. The fraction of sp³-hybridized carbons (Fsp3) is 0.611. The Morgan fingerprint density at radius 2 is 2.09 bits per heavy atom. The van der Waals surface area contributed by atoms with Crippen molar-refractivity contribution in [2.24, 2.45) is 10.9 Å². The molecule has 2 aliphatic rings. The molecule has 3 rings (SSSR count). The Bertz CT molecular complexity index is 536. The van der Waals surface area contributed by atoms with E-state index in [0.717, 1.165) is 43.1 Å². The summed E-state index contributed by atoms with van der Waals surface area (Å²) in [5, 5.41) is 7.74. The van der Waals surface area contributed by atoms with Gasteiger partial charge in [-0.15, -0.1) is 0 Å². The van der Waals surface area contributed by atoms with E-state index in [4.69, 9.17) is 11.6 Å². The number of aliphatic imine (C=N–C) groups is 1. The number of likely N-dealkylation sites (tertiary alicyclic amines) is 1. The zero-order valence-electron chi connectivity index (χ0n) is 13.9. The molecule has 2 N–H and O–H groups in total. The van der Waals surface area contributed by atoms with Gasteiger partial charge in [0.1, 0.15) is 0 Å². The number of nitrogens with one attached hydrogen (secondary N) is 2. The summed E-state index contributed by atoms with van der Waals surface area (Å²) in [7, 11) is 1.84. The van der Waals surface area contributed by atoms with Crippen LogP contribution in [0.1, 0.15) is 37.3 Å². The summed E-state index contributed by atoms with van der Waals surface area (Å²) < 4.78 is 0. The molecule has 1 aliphatic carbocycles. The second-order valence-corrected chi connectivity index (χ2v) is 7.03. The molecule has 5 heteroatoms. The van der Waals surface area contributed by atoms with Crippen molar-refractivity contribution in [1.82, 2.24) is 15.5 Å². The van der Waals surface area contributed by atoms with Crippen molar-refractivity contribution in [1.29, 1.82) is 0 Å². The van der Waals surface area contributed by atoms with Crippen molar-refractivity contribution >= 4 is 17.6 Å². The highest BCUT2D eigenvalue weighted by atomic mass is 35.5. The largest absolute Gasteiger partial charge is 0.356 e. The fourth-order valence-electron chi connectivity index (χ4n) is 3.20. The molecule has 1 aromatic carbocycles. The monoisotopic (exact) mass is 334 g/mol. The van der Waals surface area contributed by atoms with Crippen molar-refractivity contribution in [2.45, 2.75) is 31.7 Å². The number of guanidine groups is 1. The van der Waals surface area contributed by atoms with E-state index in [1.165, 1.54) is 31.2 Å². The van der Waals surface area contributed by atoms with Gasteiger partial charge in [-0.25, -0.2) is 0 Å². The van der Waals surface area contributed by atoms with Crippen LogP contribution in [0.15, 0.2) is 29.3 Å². The summed E-state index contributed by atoms with van der Waals surface area (Å²) in [5.74, 6) is 1.75. The maximum Gasteiger partial charge on any atom is 0.191 e. The van der Waals surface area contributed by atoms with Gasteiger partial charge >= 0.3 is 0 Å². The molecular formula is C18H27ClN4. The predicted octanol–water partition coefficient (Wildman–Crippen LogP) is 3.05. The molecule has 0 bridgehead atoms. The average Bonchev–Trinajstić information content (AvgIpc) is 3.23. The minimum Gasteiger partial charge on any atom is -0.356 e. The standard InChI is InChI=1S/C18H27ClN4/c1-20-18(21-12-14-7-8-14)22-13-17(23-9-2-3-10-23)15-5-4-6-16(19)11-15/h4-6,11,14,17H,2-3,7-10,12-13H2,1H3,(H2,20,21,22). The van der Waals surface area contributed by atoms with Crippen molar-refractivity contribution in [3.63, 3.8) is 0 Å². The van der Waals surface area contributed by atoms with E-state index in [0.29, 0.717) is 6.04 Å². The maximum absolute atomic E-state index is 6.20. The molecule has 0 radical (unpaired) electrons. The van der Waals surface area contributed by atoms with E-state index >= 15 is 0 Å². The van der Waals surface area contributed by atoms with Crippen LogP contribution in [-0.2, 0) is 0 Å². The molecule has 0 amide bonds. The summed E-state index contributed by atoms with van der Waals surface area (Å²) >= 11 is 6.20. The first-order valence-corrected chi connectivity index (χ1v) is 9.08. The van der Waals surface area contributed by atoms with Crippen molar-refractivity contribution in [3.8, 4) is 0 Å². The van der Waals surface area contributed by atoms with Gasteiger partial charge in [0.2, 0.25) is 0 Å². The molecule has 1 aliphatic heterocycles. The molecule has 1 aromatic rings. The van der Waals surface area contributed by atoms with E-state index in [2.05, 4.69) is 32.7 Å². The third kappa shape index (κ3) is 4.85. The van der Waals surface area contributed by atoms with Gasteiger partial charge in [0, 0.05) is 25.2 Å². The zero-order valence-corrected chi connectivity index (χ0v) is 14.6. The van der Waals surface area contributed by atoms with Gasteiger partial charge in [-0.2, -0.15) is 0 Å². The van der Waals surface area contributed by atoms with Crippen LogP contribution >= 0.6 is 11.6 Å². The lowest BCUT2D eigenvalue weighted by atomic mass is 10.1. The normalized spacial score (nSPS) is 20.5. The van der Waals surface area contributed by atoms with E-state index in [-0.39, 0.29) is 0 Å². The van der Waals surface area contributed by atoms with E-state index in [1.54, 1.807) is 0 Å². The van der Waals surface area contributed by atoms with E-state index in [9.17, 15) is 0 Å². The fourth-order valence-corrected chi connectivity index (χ4v) is 3.40. The molecule has 4 nitrogen and oxygen atoms in total. The van der Waals surface area contributed by atoms with Gasteiger partial charge in [0.05, 0.1) is 6.04 Å². The van der Waals surface area contributed by atoms with Crippen LogP contribution in [0.25, 0.3) is 0 Å². The molecule has 23 heavy (non-hydrogen) atoms. The van der Waals surface area contributed by atoms with Crippen molar-refractivity contribution in [3.05, 3.63) is 34.9 Å². The van der Waals surface area contributed by atoms with Crippen LogP contribution in [0.4, 0.5) is 0 Å². The predicted molar refractivity (Wildman–Crippen MR) is 97.1 cm³/mol. The molecule has 1 saturated carbocycles. The molecular weight excluding hydrogens is 308 g/mol. The van der Waals surface area contributed by atoms with Crippen LogP contribution in [0.3, 0.4) is 0 Å². The van der Waals surface area contributed by atoms with Gasteiger partial charge in [-0.05, 0) is 62.4 Å². The van der Waals surface area contributed by atoms with Crippen molar-refractivity contribution in [2.75, 3.05) is 33.2 Å². The van der Waals surface area contributed by atoms with Gasteiger partial charge < -0.3 is 10.6 Å². The van der Waals surface area contributed by atoms with E-state index in [1.807, 2.05) is 19.2 Å². The molecule has 1 atom stereocenters. The van der Waals surface area contributed by atoms with Gasteiger partial charge in [-0.3, -0.25) is 9.89 Å². The minimum atomic E-state index is 0.343. The Balaban J connectivity index is 1.63. The number of nitrogens with zero attached hydrogens (tertiary/aromatic N) is 2. The Labute approximate surface area is 144 Å². The Kier molecular flexibility index (Phi) is 5.79.